The summed E-state index contributed by atoms with van der Waals surface area (Å²) in [5.41, 5.74) is 3.03. The highest BCUT2D eigenvalue weighted by Crippen LogP contribution is 2.25. The number of rotatable bonds is 4. The third-order valence-electron chi connectivity index (χ3n) is 4.20. The molecule has 0 saturated carbocycles. The Morgan fingerprint density at radius 1 is 0.840 bits per heavy atom. The summed E-state index contributed by atoms with van der Waals surface area (Å²) < 4.78 is 0. The lowest BCUT2D eigenvalue weighted by Gasteiger charge is -2.24. The first kappa shape index (κ1) is 19.0. The normalized spacial score (nSPS) is 11.1. The average Bonchev–Trinajstić information content (AvgIpc) is 2.52. The molecule has 2 aromatic carbocycles. The Morgan fingerprint density at radius 3 is 1.80 bits per heavy atom. The lowest BCUT2D eigenvalue weighted by molar-refractivity contribution is -0.135. The van der Waals surface area contributed by atoms with Gasteiger partial charge in [0.25, 0.3) is 0 Å². The van der Waals surface area contributed by atoms with E-state index < -0.39 is 5.41 Å². The Morgan fingerprint density at radius 2 is 1.32 bits per heavy atom. The number of benzene rings is 2. The van der Waals surface area contributed by atoms with Crippen LogP contribution in [0.1, 0.15) is 30.5 Å². The van der Waals surface area contributed by atoms with Gasteiger partial charge >= 0.3 is 0 Å². The lowest BCUT2D eigenvalue weighted by Crippen LogP contribution is -2.41. The Hall–Kier alpha value is -2.33. The van der Waals surface area contributed by atoms with Crippen molar-refractivity contribution in [3.05, 3.63) is 58.1 Å². The van der Waals surface area contributed by atoms with Crippen molar-refractivity contribution in [3.8, 4) is 0 Å². The van der Waals surface area contributed by atoms with E-state index in [0.717, 1.165) is 16.7 Å². The molecule has 0 bridgehead atoms. The number of carbonyl (C=O) groups excluding carboxylic acids is 2. The molecule has 0 radical (unpaired) electrons. The second kappa shape index (κ2) is 7.28. The molecule has 0 fully saturated rings. The van der Waals surface area contributed by atoms with Crippen molar-refractivity contribution in [2.24, 2.45) is 5.41 Å². The van der Waals surface area contributed by atoms with Gasteiger partial charge in [0.1, 0.15) is 5.41 Å². The molecule has 0 aromatic heterocycles. The van der Waals surface area contributed by atoms with Gasteiger partial charge in [-0.2, -0.15) is 0 Å². The van der Waals surface area contributed by atoms with Gasteiger partial charge < -0.3 is 10.6 Å². The van der Waals surface area contributed by atoms with Gasteiger partial charge in [0.05, 0.1) is 0 Å². The van der Waals surface area contributed by atoms with Gasteiger partial charge in [0.2, 0.25) is 11.8 Å². The van der Waals surface area contributed by atoms with Crippen LogP contribution in [0.2, 0.25) is 5.02 Å². The van der Waals surface area contributed by atoms with E-state index in [0.29, 0.717) is 16.4 Å². The van der Waals surface area contributed by atoms with Crippen molar-refractivity contribution in [1.29, 1.82) is 0 Å². The summed E-state index contributed by atoms with van der Waals surface area (Å²) in [6, 6.07) is 11.0. The van der Waals surface area contributed by atoms with E-state index in [1.54, 1.807) is 32.0 Å². The topological polar surface area (TPSA) is 58.2 Å². The molecule has 0 heterocycles. The van der Waals surface area contributed by atoms with Gasteiger partial charge in [0.15, 0.2) is 0 Å². The SMILES string of the molecule is Cc1ccc(NC(=O)C(C)(C)C(=O)Nc2ccc(Cl)cc2C)c(C)c1. The van der Waals surface area contributed by atoms with Crippen molar-refractivity contribution in [2.75, 3.05) is 10.6 Å². The molecule has 0 aliphatic rings. The second-order valence-corrected chi connectivity index (χ2v) is 7.25. The molecule has 0 spiro atoms. The molecule has 25 heavy (non-hydrogen) atoms. The summed E-state index contributed by atoms with van der Waals surface area (Å²) in [6.45, 7) is 8.97. The molecule has 2 N–H and O–H groups in total. The molecule has 0 unspecified atom stereocenters. The first-order chi connectivity index (χ1) is 11.6. The van der Waals surface area contributed by atoms with Gasteiger partial charge in [0, 0.05) is 16.4 Å². The van der Waals surface area contributed by atoms with E-state index in [4.69, 9.17) is 11.6 Å². The smallest absolute Gasteiger partial charge is 0.239 e. The third-order valence-corrected chi connectivity index (χ3v) is 4.44. The van der Waals surface area contributed by atoms with E-state index >= 15 is 0 Å². The standard InChI is InChI=1S/C20H23ClN2O2/c1-12-6-8-16(13(2)10-12)22-18(24)20(4,5)19(25)23-17-9-7-15(21)11-14(17)3/h6-11H,1-5H3,(H,22,24)(H,23,25). The Kier molecular flexibility index (Phi) is 5.53. The second-order valence-electron chi connectivity index (χ2n) is 6.81. The molecule has 0 atom stereocenters. The minimum atomic E-state index is -1.23. The minimum Gasteiger partial charge on any atom is -0.325 e. The van der Waals surface area contributed by atoms with Crippen LogP contribution < -0.4 is 10.6 Å². The fraction of sp³-hybridized carbons (Fsp3) is 0.300. The van der Waals surface area contributed by atoms with Crippen molar-refractivity contribution in [1.82, 2.24) is 0 Å². The molecule has 5 heteroatoms. The van der Waals surface area contributed by atoms with E-state index in [1.807, 2.05) is 39.0 Å². The van der Waals surface area contributed by atoms with Gasteiger partial charge in [-0.15, -0.1) is 0 Å². The van der Waals surface area contributed by atoms with E-state index in [9.17, 15) is 9.59 Å². The minimum absolute atomic E-state index is 0.358. The number of amides is 2. The molecule has 2 aromatic rings. The Labute approximate surface area is 153 Å². The summed E-state index contributed by atoms with van der Waals surface area (Å²) in [5, 5.41) is 6.26. The quantitative estimate of drug-likeness (QED) is 0.766. The van der Waals surface area contributed by atoms with Gasteiger partial charge in [-0.05, 0) is 70.0 Å². The Balaban J connectivity index is 2.15. The van der Waals surface area contributed by atoms with Crippen LogP contribution in [0.3, 0.4) is 0 Å². The van der Waals surface area contributed by atoms with Crippen LogP contribution in [-0.2, 0) is 9.59 Å². The van der Waals surface area contributed by atoms with E-state index in [1.165, 1.54) is 0 Å². The predicted octanol–water partition coefficient (Wildman–Crippen LogP) is 4.87. The Bertz CT molecular complexity index is 761. The molecule has 132 valence electrons. The van der Waals surface area contributed by atoms with Crippen molar-refractivity contribution >= 4 is 34.8 Å². The highest BCUT2D eigenvalue weighted by molar-refractivity contribution is 6.30. The molecule has 2 amide bonds. The van der Waals surface area contributed by atoms with Crippen LogP contribution >= 0.6 is 11.6 Å². The fourth-order valence-electron chi connectivity index (χ4n) is 2.38. The van der Waals surface area contributed by atoms with Crippen LogP contribution in [0.5, 0.6) is 0 Å². The molecule has 0 aliphatic carbocycles. The number of hydrogen-bond acceptors (Lipinski definition) is 2. The highest BCUT2D eigenvalue weighted by Gasteiger charge is 2.36. The van der Waals surface area contributed by atoms with Crippen LogP contribution in [0.15, 0.2) is 36.4 Å². The van der Waals surface area contributed by atoms with Gasteiger partial charge in [-0.1, -0.05) is 29.3 Å². The van der Waals surface area contributed by atoms with Crippen LogP contribution in [0, 0.1) is 26.2 Å². The monoisotopic (exact) mass is 358 g/mol. The first-order valence-corrected chi connectivity index (χ1v) is 8.45. The van der Waals surface area contributed by atoms with Crippen LogP contribution in [-0.4, -0.2) is 11.8 Å². The first-order valence-electron chi connectivity index (χ1n) is 8.07. The third kappa shape index (κ3) is 4.40. The molecule has 2 rings (SSSR count). The van der Waals surface area contributed by atoms with Crippen molar-refractivity contribution in [2.45, 2.75) is 34.6 Å². The van der Waals surface area contributed by atoms with Crippen molar-refractivity contribution < 1.29 is 9.59 Å². The number of aryl methyl sites for hydroxylation is 3. The summed E-state index contributed by atoms with van der Waals surface area (Å²) in [4.78, 5) is 25.3. The zero-order valence-electron chi connectivity index (χ0n) is 15.2. The van der Waals surface area contributed by atoms with Gasteiger partial charge in [-0.25, -0.2) is 0 Å². The largest absolute Gasteiger partial charge is 0.325 e. The zero-order chi connectivity index (χ0) is 18.8. The van der Waals surface area contributed by atoms with Crippen LogP contribution in [0.25, 0.3) is 0 Å². The molecule has 0 saturated heterocycles. The number of anilines is 2. The number of carbonyl (C=O) groups is 2. The lowest BCUT2D eigenvalue weighted by atomic mass is 9.90. The maximum absolute atomic E-state index is 12.6. The average molecular weight is 359 g/mol. The van der Waals surface area contributed by atoms with E-state index in [-0.39, 0.29) is 11.8 Å². The summed E-state index contributed by atoms with van der Waals surface area (Å²) in [6.07, 6.45) is 0. The molecule has 4 nitrogen and oxygen atoms in total. The molecular weight excluding hydrogens is 336 g/mol. The van der Waals surface area contributed by atoms with Crippen molar-refractivity contribution in [3.63, 3.8) is 0 Å². The molecule has 0 aliphatic heterocycles. The summed E-state index contributed by atoms with van der Waals surface area (Å²) in [5.74, 6) is -0.733. The number of halogens is 1. The van der Waals surface area contributed by atoms with E-state index in [2.05, 4.69) is 10.6 Å². The molecular formula is C20H23ClN2O2. The fourth-order valence-corrected chi connectivity index (χ4v) is 2.61. The van der Waals surface area contributed by atoms with Gasteiger partial charge in [-0.3, -0.25) is 9.59 Å². The summed E-state index contributed by atoms with van der Waals surface area (Å²) in [7, 11) is 0. The van der Waals surface area contributed by atoms with Crippen LogP contribution in [0.4, 0.5) is 11.4 Å². The number of nitrogens with one attached hydrogen (secondary N) is 2. The number of hydrogen-bond donors (Lipinski definition) is 2. The zero-order valence-corrected chi connectivity index (χ0v) is 15.9. The maximum atomic E-state index is 12.6. The predicted molar refractivity (Wildman–Crippen MR) is 103 cm³/mol. The summed E-state index contributed by atoms with van der Waals surface area (Å²) >= 11 is 5.93. The maximum Gasteiger partial charge on any atom is 0.239 e. The highest BCUT2D eigenvalue weighted by atomic mass is 35.5.